The molecule has 3 aromatic carbocycles. The molecule has 2 heteroatoms. The maximum absolute atomic E-state index is 2.53. The molecule has 2 saturated carbocycles. The maximum Gasteiger partial charge on any atom is 0.0447 e. The van der Waals surface area contributed by atoms with Crippen LogP contribution in [0.5, 0.6) is 0 Å². The fraction of sp³-hybridized carbons (Fsp3) is 0.486. The second-order valence-corrected chi connectivity index (χ2v) is 14.6. The Morgan fingerprint density at radius 3 is 1.89 bits per heavy atom. The molecule has 0 spiro atoms. The van der Waals surface area contributed by atoms with Crippen LogP contribution < -0.4 is 10.2 Å². The number of anilines is 1. The van der Waals surface area contributed by atoms with Gasteiger partial charge in [0.2, 0.25) is 0 Å². The van der Waals surface area contributed by atoms with Crippen LogP contribution in [0.2, 0.25) is 0 Å². The minimum atomic E-state index is -0.184. The van der Waals surface area contributed by atoms with E-state index in [0.29, 0.717) is 5.92 Å². The molecule has 0 aliphatic heterocycles. The van der Waals surface area contributed by atoms with Crippen LogP contribution in [0.1, 0.15) is 89.5 Å². The number of hydrogen-bond donors (Lipinski definition) is 0. The maximum atomic E-state index is 2.53. The van der Waals surface area contributed by atoms with Crippen LogP contribution in [0.25, 0.3) is 22.3 Å². The Balaban J connectivity index is 1.70. The lowest BCUT2D eigenvalue weighted by atomic mass is 9.90. The Labute approximate surface area is 227 Å². The van der Waals surface area contributed by atoms with Gasteiger partial charge in [0.25, 0.3) is 0 Å². The molecule has 3 aromatic rings. The predicted molar refractivity (Wildman–Crippen MR) is 166 cm³/mol. The Morgan fingerprint density at radius 1 is 0.676 bits per heavy atom. The molecule has 0 heterocycles. The number of rotatable bonds is 7. The van der Waals surface area contributed by atoms with Crippen LogP contribution in [0.4, 0.5) is 5.69 Å². The summed E-state index contributed by atoms with van der Waals surface area (Å²) in [6.45, 7) is 4.60. The van der Waals surface area contributed by atoms with E-state index >= 15 is 0 Å². The smallest absolute Gasteiger partial charge is 0.0447 e. The molecule has 0 unspecified atom stereocenters. The molecule has 0 aromatic heterocycles. The molecule has 37 heavy (non-hydrogen) atoms. The molecular weight excluding hydrogens is 465 g/mol. The molecule has 0 bridgehead atoms. The average Bonchev–Trinajstić information content (AvgIpc) is 2.94. The second kappa shape index (κ2) is 12.2. The van der Waals surface area contributed by atoms with Crippen molar-refractivity contribution in [2.24, 2.45) is 0 Å². The van der Waals surface area contributed by atoms with Gasteiger partial charge in [0, 0.05) is 25.3 Å². The molecule has 5 rings (SSSR count). The van der Waals surface area contributed by atoms with E-state index in [1.807, 2.05) is 0 Å². The minimum Gasteiger partial charge on any atom is -0.377 e. The first-order valence-electron chi connectivity index (χ1n) is 14.8. The lowest BCUT2D eigenvalue weighted by Gasteiger charge is -2.40. The van der Waals surface area contributed by atoms with Crippen molar-refractivity contribution in [3.63, 3.8) is 0 Å². The highest BCUT2D eigenvalue weighted by Crippen LogP contribution is 2.57. The lowest BCUT2D eigenvalue weighted by Crippen LogP contribution is -2.27. The summed E-state index contributed by atoms with van der Waals surface area (Å²) >= 11 is 0. The SMILES string of the molecule is CC(C)c1cccc(-c2cccc(N(C)C)c2-c2ccccc2P(C2CCCCC2)C2CCCCC2)c1. The fourth-order valence-electron chi connectivity index (χ4n) is 6.82. The highest BCUT2D eigenvalue weighted by molar-refractivity contribution is 7.67. The van der Waals surface area contributed by atoms with Gasteiger partial charge in [0.05, 0.1) is 0 Å². The zero-order valence-electron chi connectivity index (χ0n) is 23.5. The highest BCUT2D eigenvalue weighted by atomic mass is 31.1. The van der Waals surface area contributed by atoms with E-state index in [2.05, 4.69) is 99.6 Å². The summed E-state index contributed by atoms with van der Waals surface area (Å²) in [6, 6.07) is 25.8. The second-order valence-electron chi connectivity index (χ2n) is 11.9. The zero-order valence-corrected chi connectivity index (χ0v) is 24.4. The number of hydrogen-bond acceptors (Lipinski definition) is 1. The Bertz CT molecular complexity index is 1150. The van der Waals surface area contributed by atoms with E-state index in [1.165, 1.54) is 97.7 Å². The van der Waals surface area contributed by atoms with Crippen molar-refractivity contribution < 1.29 is 0 Å². The first-order chi connectivity index (χ1) is 18.0. The van der Waals surface area contributed by atoms with Crippen molar-refractivity contribution in [2.45, 2.75) is 95.3 Å². The van der Waals surface area contributed by atoms with Crippen LogP contribution in [-0.4, -0.2) is 25.4 Å². The molecule has 0 amide bonds. The first-order valence-corrected chi connectivity index (χ1v) is 16.3. The molecule has 0 atom stereocenters. The molecule has 196 valence electrons. The van der Waals surface area contributed by atoms with Crippen molar-refractivity contribution >= 4 is 18.9 Å². The lowest BCUT2D eigenvalue weighted by molar-refractivity contribution is 0.487. The third-order valence-corrected chi connectivity index (χ3v) is 12.3. The summed E-state index contributed by atoms with van der Waals surface area (Å²) in [7, 11) is 4.23. The first kappa shape index (κ1) is 26.5. The number of benzene rings is 3. The van der Waals surface area contributed by atoms with Crippen molar-refractivity contribution in [3.05, 3.63) is 72.3 Å². The average molecular weight is 512 g/mol. The summed E-state index contributed by atoms with van der Waals surface area (Å²) in [4.78, 5) is 2.32. The van der Waals surface area contributed by atoms with Crippen molar-refractivity contribution in [1.82, 2.24) is 0 Å². The van der Waals surface area contributed by atoms with Gasteiger partial charge in [-0.1, -0.05) is 121 Å². The molecule has 2 fully saturated rings. The molecule has 2 aliphatic carbocycles. The van der Waals surface area contributed by atoms with Crippen LogP contribution >= 0.6 is 7.92 Å². The van der Waals surface area contributed by atoms with Crippen molar-refractivity contribution in [1.29, 1.82) is 0 Å². The van der Waals surface area contributed by atoms with Crippen LogP contribution in [0, 0.1) is 0 Å². The van der Waals surface area contributed by atoms with E-state index < -0.39 is 0 Å². The largest absolute Gasteiger partial charge is 0.377 e. The van der Waals surface area contributed by atoms with E-state index in [-0.39, 0.29) is 7.92 Å². The summed E-state index contributed by atoms with van der Waals surface area (Å²) in [6.07, 6.45) is 14.4. The van der Waals surface area contributed by atoms with E-state index in [9.17, 15) is 0 Å². The normalized spacial score (nSPS) is 17.5. The quantitative estimate of drug-likeness (QED) is 0.285. The summed E-state index contributed by atoms with van der Waals surface area (Å²) in [5, 5.41) is 1.69. The molecule has 1 nitrogen and oxygen atoms in total. The van der Waals surface area contributed by atoms with Crippen LogP contribution in [0.3, 0.4) is 0 Å². The Morgan fingerprint density at radius 2 is 1.27 bits per heavy atom. The van der Waals surface area contributed by atoms with Gasteiger partial charge in [0.15, 0.2) is 0 Å². The molecule has 2 aliphatic rings. The van der Waals surface area contributed by atoms with E-state index in [1.54, 1.807) is 5.30 Å². The van der Waals surface area contributed by atoms with Gasteiger partial charge >= 0.3 is 0 Å². The van der Waals surface area contributed by atoms with Gasteiger partial charge in [-0.15, -0.1) is 0 Å². The van der Waals surface area contributed by atoms with Crippen molar-refractivity contribution in [2.75, 3.05) is 19.0 Å². The monoisotopic (exact) mass is 511 g/mol. The topological polar surface area (TPSA) is 3.24 Å². The molecule has 0 N–H and O–H groups in total. The van der Waals surface area contributed by atoms with E-state index in [4.69, 9.17) is 0 Å². The third-order valence-electron chi connectivity index (χ3n) is 8.78. The summed E-state index contributed by atoms with van der Waals surface area (Å²) < 4.78 is 0. The van der Waals surface area contributed by atoms with Gasteiger partial charge in [-0.2, -0.15) is 0 Å². The highest BCUT2D eigenvalue weighted by Gasteiger charge is 2.34. The molecular formula is C35H46NP. The molecule has 0 radical (unpaired) electrons. The van der Waals surface area contributed by atoms with Gasteiger partial charge in [0.1, 0.15) is 0 Å². The van der Waals surface area contributed by atoms with Gasteiger partial charge in [-0.25, -0.2) is 0 Å². The standard InChI is InChI=1S/C35H46NP/c1-26(2)27-15-13-16-28(25-27)31-22-14-23-33(36(3)4)35(31)32-21-11-12-24-34(32)37(29-17-7-5-8-18-29)30-19-9-6-10-20-30/h11-16,21-26,29-30H,5-10,17-20H2,1-4H3. The van der Waals surface area contributed by atoms with Crippen molar-refractivity contribution in [3.8, 4) is 22.3 Å². The van der Waals surface area contributed by atoms with Crippen LogP contribution in [-0.2, 0) is 0 Å². The zero-order chi connectivity index (χ0) is 25.8. The van der Waals surface area contributed by atoms with Crippen LogP contribution in [0.15, 0.2) is 66.7 Å². The molecule has 0 saturated heterocycles. The number of nitrogens with zero attached hydrogens (tertiary/aromatic N) is 1. The third kappa shape index (κ3) is 5.83. The summed E-state index contributed by atoms with van der Waals surface area (Å²) in [5.74, 6) is 0.526. The predicted octanol–water partition coefficient (Wildman–Crippen LogP) is 9.98. The summed E-state index contributed by atoms with van der Waals surface area (Å²) in [5.41, 5.74) is 10.2. The Kier molecular flexibility index (Phi) is 8.71. The fourth-order valence-corrected chi connectivity index (χ4v) is 10.8. The van der Waals surface area contributed by atoms with Gasteiger partial charge in [-0.05, 0) is 76.5 Å². The minimum absolute atomic E-state index is 0.184. The van der Waals surface area contributed by atoms with Gasteiger partial charge < -0.3 is 4.90 Å². The van der Waals surface area contributed by atoms with Gasteiger partial charge in [-0.3, -0.25) is 0 Å². The van der Waals surface area contributed by atoms with E-state index in [0.717, 1.165) is 11.3 Å². The Hall–Kier alpha value is -2.11.